The highest BCUT2D eigenvalue weighted by atomic mass is 16.5. The molecule has 0 spiro atoms. The average molecular weight is 509 g/mol. The SMILES string of the molecule is CCCCCCCCCCOc1ccc(C(=O)Oc2ccc(C=C(C)C(=O)OCC(C)CC)cc2)cc1. The number of hydrogen-bond acceptors (Lipinski definition) is 5. The predicted octanol–water partition coefficient (Wildman–Crippen LogP) is 8.42. The van der Waals surface area contributed by atoms with Crippen molar-refractivity contribution < 1.29 is 23.8 Å². The number of carbonyl (C=O) groups is 2. The lowest BCUT2D eigenvalue weighted by molar-refractivity contribution is -0.140. The third kappa shape index (κ3) is 12.1. The van der Waals surface area contributed by atoms with Crippen LogP contribution in [0.1, 0.15) is 101 Å². The summed E-state index contributed by atoms with van der Waals surface area (Å²) in [6.45, 7) is 9.20. The first-order valence-corrected chi connectivity index (χ1v) is 13.8. The van der Waals surface area contributed by atoms with E-state index in [-0.39, 0.29) is 5.97 Å². The average Bonchev–Trinajstić information content (AvgIpc) is 2.91. The Balaban J connectivity index is 1.74. The summed E-state index contributed by atoms with van der Waals surface area (Å²) in [5, 5.41) is 0. The molecule has 0 aliphatic heterocycles. The van der Waals surface area contributed by atoms with Gasteiger partial charge in [0.15, 0.2) is 0 Å². The molecule has 2 rings (SSSR count). The summed E-state index contributed by atoms with van der Waals surface area (Å²) in [6, 6.07) is 14.1. The van der Waals surface area contributed by atoms with Gasteiger partial charge in [0, 0.05) is 5.57 Å². The van der Waals surface area contributed by atoms with Gasteiger partial charge in [-0.2, -0.15) is 0 Å². The van der Waals surface area contributed by atoms with Crippen molar-refractivity contribution in [3.8, 4) is 11.5 Å². The Bertz CT molecular complexity index is 960. The Morgan fingerprint density at radius 1 is 0.811 bits per heavy atom. The second kappa shape index (κ2) is 17.4. The maximum absolute atomic E-state index is 12.5. The standard InChI is InChI=1S/C32H44O5/c1-5-7-8-9-10-11-12-13-22-35-29-20-16-28(17-21-29)32(34)37-30-18-14-27(15-19-30)23-26(4)31(33)36-24-25(3)6-2/h14-21,23,25H,5-13,22,24H2,1-4H3. The maximum Gasteiger partial charge on any atom is 0.343 e. The summed E-state index contributed by atoms with van der Waals surface area (Å²) in [7, 11) is 0. The van der Waals surface area contributed by atoms with Crippen LogP contribution in [0.5, 0.6) is 11.5 Å². The van der Waals surface area contributed by atoms with Gasteiger partial charge in [0.25, 0.3) is 0 Å². The molecule has 5 heteroatoms. The van der Waals surface area contributed by atoms with Crippen LogP contribution in [0.4, 0.5) is 0 Å². The van der Waals surface area contributed by atoms with Gasteiger partial charge in [0.2, 0.25) is 0 Å². The highest BCUT2D eigenvalue weighted by molar-refractivity contribution is 5.93. The normalized spacial score (nSPS) is 12.2. The zero-order valence-electron chi connectivity index (χ0n) is 23.1. The van der Waals surface area contributed by atoms with E-state index in [0.29, 0.717) is 36.0 Å². The lowest BCUT2D eigenvalue weighted by Crippen LogP contribution is -2.12. The van der Waals surface area contributed by atoms with Gasteiger partial charge in [-0.25, -0.2) is 9.59 Å². The van der Waals surface area contributed by atoms with Gasteiger partial charge in [0.1, 0.15) is 11.5 Å². The maximum atomic E-state index is 12.5. The molecule has 202 valence electrons. The van der Waals surface area contributed by atoms with E-state index >= 15 is 0 Å². The second-order valence-corrected chi connectivity index (χ2v) is 9.75. The smallest absolute Gasteiger partial charge is 0.343 e. The molecule has 37 heavy (non-hydrogen) atoms. The molecule has 0 bridgehead atoms. The summed E-state index contributed by atoms with van der Waals surface area (Å²) in [5.41, 5.74) is 1.82. The third-order valence-electron chi connectivity index (χ3n) is 6.35. The van der Waals surface area contributed by atoms with Crippen molar-refractivity contribution in [1.82, 2.24) is 0 Å². The van der Waals surface area contributed by atoms with E-state index in [2.05, 4.69) is 13.8 Å². The van der Waals surface area contributed by atoms with E-state index in [1.54, 1.807) is 61.5 Å². The second-order valence-electron chi connectivity index (χ2n) is 9.75. The predicted molar refractivity (Wildman–Crippen MR) is 150 cm³/mol. The van der Waals surface area contributed by atoms with Crippen molar-refractivity contribution in [1.29, 1.82) is 0 Å². The molecule has 0 fully saturated rings. The topological polar surface area (TPSA) is 61.8 Å². The molecule has 2 aromatic rings. The van der Waals surface area contributed by atoms with Crippen LogP contribution >= 0.6 is 0 Å². The lowest BCUT2D eigenvalue weighted by Gasteiger charge is -2.10. The quantitative estimate of drug-likeness (QED) is 0.0929. The number of esters is 2. The van der Waals surface area contributed by atoms with Crippen molar-refractivity contribution >= 4 is 18.0 Å². The van der Waals surface area contributed by atoms with Gasteiger partial charge in [-0.3, -0.25) is 0 Å². The van der Waals surface area contributed by atoms with Crippen molar-refractivity contribution in [3.63, 3.8) is 0 Å². The molecule has 0 aliphatic carbocycles. The minimum atomic E-state index is -0.428. The summed E-state index contributed by atoms with van der Waals surface area (Å²) >= 11 is 0. The minimum Gasteiger partial charge on any atom is -0.494 e. The van der Waals surface area contributed by atoms with Crippen molar-refractivity contribution in [2.24, 2.45) is 5.92 Å². The molecule has 2 aromatic carbocycles. The fourth-order valence-corrected chi connectivity index (χ4v) is 3.67. The van der Waals surface area contributed by atoms with Gasteiger partial charge in [-0.1, -0.05) is 84.3 Å². The zero-order valence-corrected chi connectivity index (χ0v) is 23.1. The Labute approximate surface area is 223 Å². The Kier molecular flexibility index (Phi) is 14.2. The van der Waals surface area contributed by atoms with Crippen molar-refractivity contribution in [3.05, 3.63) is 65.2 Å². The number of carbonyl (C=O) groups excluding carboxylic acids is 2. The van der Waals surface area contributed by atoms with Gasteiger partial charge >= 0.3 is 11.9 Å². The van der Waals surface area contributed by atoms with Crippen LogP contribution in [0, 0.1) is 5.92 Å². The first kappa shape index (κ1) is 30.1. The molecular weight excluding hydrogens is 464 g/mol. The van der Waals surface area contributed by atoms with Gasteiger partial charge < -0.3 is 14.2 Å². The summed E-state index contributed by atoms with van der Waals surface area (Å²) < 4.78 is 16.6. The lowest BCUT2D eigenvalue weighted by atomic mass is 10.1. The molecule has 5 nitrogen and oxygen atoms in total. The van der Waals surface area contributed by atoms with E-state index < -0.39 is 5.97 Å². The van der Waals surface area contributed by atoms with E-state index in [1.165, 1.54) is 44.9 Å². The van der Waals surface area contributed by atoms with Crippen LogP contribution in [-0.2, 0) is 9.53 Å². The van der Waals surface area contributed by atoms with E-state index in [1.807, 2.05) is 6.92 Å². The molecule has 0 amide bonds. The van der Waals surface area contributed by atoms with E-state index in [0.717, 1.165) is 24.2 Å². The fourth-order valence-electron chi connectivity index (χ4n) is 3.67. The number of rotatable bonds is 17. The van der Waals surface area contributed by atoms with Crippen molar-refractivity contribution in [2.45, 2.75) is 85.5 Å². The van der Waals surface area contributed by atoms with Crippen LogP contribution in [0.15, 0.2) is 54.1 Å². The Hall–Kier alpha value is -3.08. The van der Waals surface area contributed by atoms with Crippen LogP contribution in [0.3, 0.4) is 0 Å². The van der Waals surface area contributed by atoms with Crippen molar-refractivity contribution in [2.75, 3.05) is 13.2 Å². The first-order chi connectivity index (χ1) is 17.9. The van der Waals surface area contributed by atoms with E-state index in [4.69, 9.17) is 14.2 Å². The molecule has 0 aliphatic rings. The highest BCUT2D eigenvalue weighted by Crippen LogP contribution is 2.19. The molecule has 1 unspecified atom stereocenters. The molecule has 0 saturated carbocycles. The zero-order chi connectivity index (χ0) is 26.9. The van der Waals surface area contributed by atoms with Crippen LogP contribution < -0.4 is 9.47 Å². The Morgan fingerprint density at radius 2 is 1.41 bits per heavy atom. The fraction of sp³-hybridized carbons (Fsp3) is 0.500. The number of ether oxygens (including phenoxy) is 3. The summed E-state index contributed by atoms with van der Waals surface area (Å²) in [5.74, 6) is 0.792. The monoisotopic (exact) mass is 508 g/mol. The number of unbranched alkanes of at least 4 members (excludes halogenated alkanes) is 7. The largest absolute Gasteiger partial charge is 0.494 e. The van der Waals surface area contributed by atoms with Crippen LogP contribution in [0.25, 0.3) is 6.08 Å². The molecule has 0 radical (unpaired) electrons. The third-order valence-corrected chi connectivity index (χ3v) is 6.35. The highest BCUT2D eigenvalue weighted by Gasteiger charge is 2.10. The Morgan fingerprint density at radius 3 is 2.03 bits per heavy atom. The van der Waals surface area contributed by atoms with Gasteiger partial charge in [-0.05, 0) is 67.3 Å². The summed E-state index contributed by atoms with van der Waals surface area (Å²) in [4.78, 5) is 24.7. The minimum absolute atomic E-state index is 0.318. The molecule has 0 aromatic heterocycles. The number of benzene rings is 2. The number of hydrogen-bond donors (Lipinski definition) is 0. The van der Waals surface area contributed by atoms with E-state index in [9.17, 15) is 9.59 Å². The molecular formula is C32H44O5. The summed E-state index contributed by atoms with van der Waals surface area (Å²) in [6.07, 6.45) is 12.8. The first-order valence-electron chi connectivity index (χ1n) is 13.8. The van der Waals surface area contributed by atoms with Gasteiger partial charge in [0.05, 0.1) is 18.8 Å². The molecule has 0 N–H and O–H groups in total. The van der Waals surface area contributed by atoms with Crippen LogP contribution in [0.2, 0.25) is 0 Å². The molecule has 1 atom stereocenters. The van der Waals surface area contributed by atoms with Gasteiger partial charge in [-0.15, -0.1) is 0 Å². The molecule has 0 saturated heterocycles. The van der Waals surface area contributed by atoms with Crippen LogP contribution in [-0.4, -0.2) is 25.2 Å². The molecule has 0 heterocycles.